The Labute approximate surface area is 219 Å². The zero-order valence-electron chi connectivity index (χ0n) is 20.4. The Bertz CT molecular complexity index is 1480. The van der Waals surface area contributed by atoms with Crippen molar-refractivity contribution in [2.24, 2.45) is 0 Å². The van der Waals surface area contributed by atoms with Gasteiger partial charge in [0.1, 0.15) is 0 Å². The highest BCUT2D eigenvalue weighted by atomic mass is 31.2. The van der Waals surface area contributed by atoms with Gasteiger partial charge in [0, 0.05) is 26.5 Å². The Morgan fingerprint density at radius 1 is 0.459 bits per heavy atom. The molecule has 5 aromatic carbocycles. The summed E-state index contributed by atoms with van der Waals surface area (Å²) >= 11 is 0. The maximum Gasteiger partial charge on any atom is 0.167 e. The van der Waals surface area contributed by atoms with Gasteiger partial charge in [-0.2, -0.15) is 0 Å². The third-order valence-electron chi connectivity index (χ3n) is 6.72. The molecule has 0 heterocycles. The third-order valence-corrected chi connectivity index (χ3v) is 13.5. The predicted octanol–water partition coefficient (Wildman–Crippen LogP) is 7.27. The van der Waals surface area contributed by atoms with Crippen LogP contribution in [0.25, 0.3) is 0 Å². The molecule has 0 N–H and O–H groups in total. The normalized spacial score (nSPS) is 12.5. The Balaban J connectivity index is 1.84. The van der Waals surface area contributed by atoms with E-state index in [1.165, 1.54) is 0 Å². The molecule has 0 aliphatic carbocycles. The lowest BCUT2D eigenvalue weighted by atomic mass is 10.1. The minimum atomic E-state index is -3.44. The molecular formula is C33H28O2P2. The number of rotatable bonds is 8. The monoisotopic (exact) mass is 518 g/mol. The van der Waals surface area contributed by atoms with E-state index in [9.17, 15) is 0 Å². The van der Waals surface area contributed by atoms with Crippen LogP contribution in [0.5, 0.6) is 0 Å². The van der Waals surface area contributed by atoms with Gasteiger partial charge in [-0.1, -0.05) is 158 Å². The Morgan fingerprint density at radius 2 is 0.757 bits per heavy atom. The zero-order chi connectivity index (χ0) is 25.7. The van der Waals surface area contributed by atoms with Crippen molar-refractivity contribution in [1.82, 2.24) is 0 Å². The van der Waals surface area contributed by atoms with E-state index in [4.69, 9.17) is 0 Å². The molecule has 0 bridgehead atoms. The lowest BCUT2D eigenvalue weighted by molar-refractivity contribution is 0.579. The molecule has 182 valence electrons. The van der Waals surface area contributed by atoms with Crippen LogP contribution < -0.4 is 21.2 Å². The molecule has 37 heavy (non-hydrogen) atoms. The van der Waals surface area contributed by atoms with E-state index in [1.54, 1.807) is 0 Å². The minimum absolute atomic E-state index is 0.465. The van der Waals surface area contributed by atoms with Gasteiger partial charge in [0.25, 0.3) is 0 Å². The average molecular weight is 519 g/mol. The van der Waals surface area contributed by atoms with Crippen molar-refractivity contribution in [2.75, 3.05) is 0 Å². The minimum Gasteiger partial charge on any atom is -0.313 e. The smallest absolute Gasteiger partial charge is 0.167 e. The molecule has 0 aliphatic heterocycles. The second-order valence-electron chi connectivity index (χ2n) is 8.91. The fourth-order valence-electron chi connectivity index (χ4n) is 4.92. The summed E-state index contributed by atoms with van der Waals surface area (Å²) in [5.74, 6) is 0. The first-order valence-electron chi connectivity index (χ1n) is 12.2. The van der Waals surface area contributed by atoms with Gasteiger partial charge in [0.05, 0.1) is 5.66 Å². The highest BCUT2D eigenvalue weighted by Gasteiger charge is 2.46. The quantitative estimate of drug-likeness (QED) is 0.203. The van der Waals surface area contributed by atoms with Crippen molar-refractivity contribution in [3.05, 3.63) is 169 Å². The molecule has 5 rings (SSSR count). The van der Waals surface area contributed by atoms with Gasteiger partial charge < -0.3 is 9.13 Å². The lowest BCUT2D eigenvalue weighted by Crippen LogP contribution is -2.26. The van der Waals surface area contributed by atoms with Crippen molar-refractivity contribution in [1.29, 1.82) is 0 Å². The second-order valence-corrected chi connectivity index (χ2v) is 14.6. The number of allylic oxidation sites excluding steroid dienone is 1. The van der Waals surface area contributed by atoms with Crippen LogP contribution in [0.3, 0.4) is 0 Å². The molecule has 0 amide bonds. The maximum atomic E-state index is 15.7. The number of hydrogen-bond acceptors (Lipinski definition) is 2. The van der Waals surface area contributed by atoms with Crippen molar-refractivity contribution < 1.29 is 9.13 Å². The summed E-state index contributed by atoms with van der Waals surface area (Å²) in [6, 6.07) is 47.8. The van der Waals surface area contributed by atoms with Gasteiger partial charge in [-0.15, -0.1) is 0 Å². The van der Waals surface area contributed by atoms with E-state index >= 15 is 9.13 Å². The van der Waals surface area contributed by atoms with E-state index in [-0.39, 0.29) is 0 Å². The second kappa shape index (κ2) is 10.7. The third kappa shape index (κ3) is 4.60. The number of benzene rings is 5. The maximum absolute atomic E-state index is 15.7. The molecule has 1 atom stereocenters. The topological polar surface area (TPSA) is 34.1 Å². The summed E-state index contributed by atoms with van der Waals surface area (Å²) in [5, 5.41) is 3.25. The predicted molar refractivity (Wildman–Crippen MR) is 158 cm³/mol. The van der Waals surface area contributed by atoms with E-state index in [1.807, 2.05) is 152 Å². The van der Waals surface area contributed by atoms with E-state index in [0.29, 0.717) is 26.5 Å². The highest BCUT2D eigenvalue weighted by Crippen LogP contribution is 2.68. The molecule has 2 nitrogen and oxygen atoms in total. The first-order chi connectivity index (χ1) is 18.1. The van der Waals surface area contributed by atoms with Crippen LogP contribution in [-0.4, -0.2) is 0 Å². The van der Waals surface area contributed by atoms with Crippen molar-refractivity contribution in [3.8, 4) is 0 Å². The van der Waals surface area contributed by atoms with Gasteiger partial charge in [0.2, 0.25) is 0 Å². The fraction of sp³-hybridized carbons (Fsp3) is 0.0303. The SMILES string of the molecule is C=C([C@@H](c1ccccc1)P(=O)(c1ccccc1)c1ccccc1)P(=O)(c1ccccc1)c1ccccc1. The molecule has 0 saturated heterocycles. The van der Waals surface area contributed by atoms with Crippen molar-refractivity contribution >= 4 is 35.5 Å². The zero-order valence-corrected chi connectivity index (χ0v) is 22.2. The summed E-state index contributed by atoms with van der Waals surface area (Å²) in [6.45, 7) is 4.54. The molecular weight excluding hydrogens is 490 g/mol. The van der Waals surface area contributed by atoms with Gasteiger partial charge in [-0.05, 0) is 5.56 Å². The summed E-state index contributed by atoms with van der Waals surface area (Å²) in [6.07, 6.45) is 0. The summed E-state index contributed by atoms with van der Waals surface area (Å²) in [5.41, 5.74) is 0.125. The molecule has 5 aromatic rings. The van der Waals surface area contributed by atoms with Crippen LogP contribution >= 0.6 is 14.3 Å². The van der Waals surface area contributed by atoms with E-state index in [2.05, 4.69) is 6.58 Å². The van der Waals surface area contributed by atoms with Gasteiger partial charge in [-0.25, -0.2) is 0 Å². The largest absolute Gasteiger partial charge is 0.313 e. The van der Waals surface area contributed by atoms with Gasteiger partial charge in [-0.3, -0.25) is 0 Å². The van der Waals surface area contributed by atoms with E-state index < -0.39 is 19.9 Å². The van der Waals surface area contributed by atoms with Crippen LogP contribution in [0.2, 0.25) is 0 Å². The molecule has 0 aliphatic rings. The van der Waals surface area contributed by atoms with Crippen LogP contribution in [-0.2, 0) is 9.13 Å². The first-order valence-corrected chi connectivity index (χ1v) is 15.7. The molecule has 0 radical (unpaired) electrons. The van der Waals surface area contributed by atoms with Crippen LogP contribution in [0.4, 0.5) is 0 Å². The van der Waals surface area contributed by atoms with Gasteiger partial charge >= 0.3 is 0 Å². The van der Waals surface area contributed by atoms with Crippen LogP contribution in [0.1, 0.15) is 11.2 Å². The first kappa shape index (κ1) is 25.0. The molecule has 0 spiro atoms. The molecule has 4 heteroatoms. The summed E-state index contributed by atoms with van der Waals surface area (Å²) in [7, 11) is -6.86. The van der Waals surface area contributed by atoms with E-state index in [0.717, 1.165) is 5.56 Å². The highest BCUT2D eigenvalue weighted by molar-refractivity contribution is 7.85. The molecule has 0 fully saturated rings. The number of hydrogen-bond donors (Lipinski definition) is 0. The molecule has 0 aromatic heterocycles. The van der Waals surface area contributed by atoms with Crippen LogP contribution in [0, 0.1) is 0 Å². The standard InChI is InChI=1S/C33H28O2P2/c1-27(36(34,29-19-9-3-10-20-29)30-21-11-4-12-22-30)33(28-17-7-2-8-18-28)37(35,31-23-13-5-14-24-31)32-25-15-6-16-26-32/h2-26,33H,1H2/t33-/m0/s1. The summed E-state index contributed by atoms with van der Waals surface area (Å²) < 4.78 is 31.1. The van der Waals surface area contributed by atoms with Crippen molar-refractivity contribution in [3.63, 3.8) is 0 Å². The fourth-order valence-corrected chi connectivity index (χ4v) is 11.7. The lowest BCUT2D eigenvalue weighted by Gasteiger charge is -2.34. The summed E-state index contributed by atoms with van der Waals surface area (Å²) in [4.78, 5) is 0. The Kier molecular flexibility index (Phi) is 7.24. The molecule has 0 saturated carbocycles. The Morgan fingerprint density at radius 3 is 1.11 bits per heavy atom. The van der Waals surface area contributed by atoms with Crippen molar-refractivity contribution in [2.45, 2.75) is 5.66 Å². The van der Waals surface area contributed by atoms with Crippen LogP contribution in [0.15, 0.2) is 164 Å². The Hall–Kier alpha value is -3.70. The molecule has 0 unspecified atom stereocenters. The average Bonchev–Trinajstić information content (AvgIpc) is 2.99. The van der Waals surface area contributed by atoms with Gasteiger partial charge in [0.15, 0.2) is 14.3 Å².